The van der Waals surface area contributed by atoms with Crippen LogP contribution in [0, 0.1) is 6.92 Å². The van der Waals surface area contributed by atoms with Gasteiger partial charge < -0.3 is 0 Å². The fourth-order valence-electron chi connectivity index (χ4n) is 5.60. The van der Waals surface area contributed by atoms with E-state index in [-0.39, 0.29) is 10.8 Å². The van der Waals surface area contributed by atoms with Crippen LogP contribution in [0.3, 0.4) is 0 Å². The minimum Gasteiger partial charge on any atom is -0.0622 e. The summed E-state index contributed by atoms with van der Waals surface area (Å²) in [7, 11) is 0. The zero-order valence-corrected chi connectivity index (χ0v) is 21.7. The van der Waals surface area contributed by atoms with Gasteiger partial charge in [-0.3, -0.25) is 0 Å². The van der Waals surface area contributed by atoms with Crippen molar-refractivity contribution >= 4 is 0 Å². The van der Waals surface area contributed by atoms with Gasteiger partial charge in [0.05, 0.1) is 0 Å². The molecule has 0 amide bonds. The van der Waals surface area contributed by atoms with Gasteiger partial charge in [-0.2, -0.15) is 0 Å². The molecular weight excluding hydrogens is 408 g/mol. The molecule has 0 atom stereocenters. The third-order valence-corrected chi connectivity index (χ3v) is 7.37. The van der Waals surface area contributed by atoms with Gasteiger partial charge in [-0.15, -0.1) is 0 Å². The number of rotatable bonds is 2. The lowest BCUT2D eigenvalue weighted by atomic mass is 9.77. The number of benzene rings is 4. The van der Waals surface area contributed by atoms with Gasteiger partial charge in [0.15, 0.2) is 0 Å². The van der Waals surface area contributed by atoms with E-state index in [2.05, 4.69) is 127 Å². The summed E-state index contributed by atoms with van der Waals surface area (Å²) in [6, 6.07) is 29.3. The van der Waals surface area contributed by atoms with Crippen LogP contribution in [0.2, 0.25) is 0 Å². The second kappa shape index (κ2) is 7.98. The van der Waals surface area contributed by atoms with Crippen LogP contribution in [0.1, 0.15) is 69.4 Å². The average Bonchev–Trinajstić information content (AvgIpc) is 3.16. The van der Waals surface area contributed by atoms with Gasteiger partial charge in [0.25, 0.3) is 0 Å². The molecule has 0 aromatic heterocycles. The first-order chi connectivity index (χ1) is 16.1. The fraction of sp³-hybridized carbons (Fsp3) is 0.294. The maximum atomic E-state index is 2.51. The lowest BCUT2D eigenvalue weighted by molar-refractivity contribution is 0.591. The molecule has 4 aromatic rings. The summed E-state index contributed by atoms with van der Waals surface area (Å²) >= 11 is 0. The van der Waals surface area contributed by atoms with Crippen LogP contribution in [0.15, 0.2) is 78.9 Å². The molecule has 0 radical (unpaired) electrons. The summed E-state index contributed by atoms with van der Waals surface area (Å²) in [5.74, 6) is 0. The highest BCUT2D eigenvalue weighted by Gasteiger charge is 2.30. The Morgan fingerprint density at radius 1 is 0.559 bits per heavy atom. The second-order valence-corrected chi connectivity index (χ2v) is 11.9. The van der Waals surface area contributed by atoms with Gasteiger partial charge >= 0.3 is 0 Å². The van der Waals surface area contributed by atoms with Crippen molar-refractivity contribution < 1.29 is 0 Å². The molecule has 34 heavy (non-hydrogen) atoms. The fourth-order valence-corrected chi connectivity index (χ4v) is 5.60. The molecule has 0 spiro atoms. The number of fused-ring (bicyclic) bond motifs is 3. The predicted octanol–water partition coefficient (Wildman–Crippen LogP) is 9.50. The van der Waals surface area contributed by atoms with Crippen molar-refractivity contribution in [3.05, 3.63) is 107 Å². The van der Waals surface area contributed by atoms with Gasteiger partial charge in [-0.25, -0.2) is 0 Å². The highest BCUT2D eigenvalue weighted by Crippen LogP contribution is 2.48. The lowest BCUT2D eigenvalue weighted by Crippen LogP contribution is -2.15. The molecule has 0 saturated carbocycles. The highest BCUT2D eigenvalue weighted by molar-refractivity contribution is 5.88. The van der Waals surface area contributed by atoms with E-state index in [1.807, 2.05) is 0 Å². The minimum absolute atomic E-state index is 0.0601. The third kappa shape index (κ3) is 3.80. The minimum atomic E-state index is 0.0601. The van der Waals surface area contributed by atoms with Gasteiger partial charge in [0.2, 0.25) is 0 Å². The molecule has 0 N–H and O–H groups in total. The summed E-state index contributed by atoms with van der Waals surface area (Å²) in [6.07, 6.45) is 1.00. The van der Waals surface area contributed by atoms with Crippen LogP contribution in [0.5, 0.6) is 0 Å². The smallest absolute Gasteiger partial charge is 0.00104 e. The van der Waals surface area contributed by atoms with Crippen molar-refractivity contribution in [2.75, 3.05) is 0 Å². The summed E-state index contributed by atoms with van der Waals surface area (Å²) in [5, 5.41) is 0. The van der Waals surface area contributed by atoms with Gasteiger partial charge in [0, 0.05) is 0 Å². The molecular formula is C34H36. The van der Waals surface area contributed by atoms with E-state index in [1.165, 1.54) is 61.2 Å². The van der Waals surface area contributed by atoms with E-state index in [9.17, 15) is 0 Å². The molecule has 0 nitrogen and oxygen atoms in total. The first-order valence-corrected chi connectivity index (χ1v) is 12.5. The van der Waals surface area contributed by atoms with Gasteiger partial charge in [0.1, 0.15) is 0 Å². The molecule has 1 aliphatic rings. The van der Waals surface area contributed by atoms with Crippen molar-refractivity contribution in [3.8, 4) is 33.4 Å². The molecule has 5 rings (SSSR count). The maximum Gasteiger partial charge on any atom is -0.00104 e. The summed E-state index contributed by atoms with van der Waals surface area (Å²) in [6.45, 7) is 16.4. The topological polar surface area (TPSA) is 0 Å². The van der Waals surface area contributed by atoms with E-state index in [0.29, 0.717) is 0 Å². The third-order valence-electron chi connectivity index (χ3n) is 7.37. The standard InChI is InChI=1S/C34H36/c1-22-26-18-25-19-28(23-14-10-8-11-15-23)30(33(2,3)4)20-27(25)29(26)21-31(34(5,6)7)32(22)24-16-12-9-13-17-24/h8-17,19-21H,18H2,1-7H3. The van der Waals surface area contributed by atoms with Crippen molar-refractivity contribution in [1.29, 1.82) is 0 Å². The first-order valence-electron chi connectivity index (χ1n) is 12.5. The molecule has 0 heteroatoms. The molecule has 0 saturated heterocycles. The number of hydrogen-bond acceptors (Lipinski definition) is 0. The van der Waals surface area contributed by atoms with Crippen LogP contribution < -0.4 is 0 Å². The Morgan fingerprint density at radius 2 is 1.09 bits per heavy atom. The Labute approximate surface area is 205 Å². The van der Waals surface area contributed by atoms with Crippen molar-refractivity contribution in [3.63, 3.8) is 0 Å². The molecule has 172 valence electrons. The van der Waals surface area contributed by atoms with Gasteiger partial charge in [-0.1, -0.05) is 102 Å². The summed E-state index contributed by atoms with van der Waals surface area (Å²) < 4.78 is 0. The predicted molar refractivity (Wildman–Crippen MR) is 148 cm³/mol. The van der Waals surface area contributed by atoms with Crippen LogP contribution in [-0.2, 0) is 17.3 Å². The zero-order chi connectivity index (χ0) is 24.3. The van der Waals surface area contributed by atoms with Crippen LogP contribution in [-0.4, -0.2) is 0 Å². The van der Waals surface area contributed by atoms with E-state index >= 15 is 0 Å². The van der Waals surface area contributed by atoms with Crippen molar-refractivity contribution in [2.24, 2.45) is 0 Å². The first kappa shape index (κ1) is 22.7. The average molecular weight is 445 g/mol. The molecule has 0 aliphatic heterocycles. The molecule has 1 aliphatic carbocycles. The zero-order valence-electron chi connectivity index (χ0n) is 21.7. The summed E-state index contributed by atoms with van der Waals surface area (Å²) in [5.41, 5.74) is 15.6. The van der Waals surface area contributed by atoms with Crippen LogP contribution in [0.4, 0.5) is 0 Å². The second-order valence-electron chi connectivity index (χ2n) is 11.9. The van der Waals surface area contributed by atoms with E-state index < -0.39 is 0 Å². The largest absolute Gasteiger partial charge is 0.0622 e. The van der Waals surface area contributed by atoms with Crippen molar-refractivity contribution in [1.82, 2.24) is 0 Å². The molecule has 0 heterocycles. The van der Waals surface area contributed by atoms with E-state index in [1.54, 1.807) is 0 Å². The Hall–Kier alpha value is -3.12. The monoisotopic (exact) mass is 444 g/mol. The molecule has 4 aromatic carbocycles. The van der Waals surface area contributed by atoms with E-state index in [4.69, 9.17) is 0 Å². The van der Waals surface area contributed by atoms with E-state index in [0.717, 1.165) is 6.42 Å². The van der Waals surface area contributed by atoms with Gasteiger partial charge in [-0.05, 0) is 104 Å². The normalized spacial score (nSPS) is 13.0. The Morgan fingerprint density at radius 3 is 1.65 bits per heavy atom. The Balaban J connectivity index is 1.78. The molecule has 0 unspecified atom stereocenters. The molecule has 0 bridgehead atoms. The van der Waals surface area contributed by atoms with Crippen molar-refractivity contribution in [2.45, 2.75) is 65.7 Å². The molecule has 0 fully saturated rings. The Kier molecular flexibility index (Phi) is 5.32. The summed E-state index contributed by atoms with van der Waals surface area (Å²) in [4.78, 5) is 0. The SMILES string of the molecule is Cc1c2c(cc(C(C)(C)C)c1-c1ccccc1)-c1cc(C(C)(C)C)c(-c3ccccc3)cc1C2. The van der Waals surface area contributed by atoms with Crippen LogP contribution >= 0.6 is 0 Å². The number of hydrogen-bond donors (Lipinski definition) is 0. The quantitative estimate of drug-likeness (QED) is 0.254. The lowest BCUT2D eigenvalue weighted by Gasteiger charge is -2.27. The Bertz CT molecular complexity index is 1360. The van der Waals surface area contributed by atoms with Crippen LogP contribution in [0.25, 0.3) is 33.4 Å². The maximum absolute atomic E-state index is 2.51. The highest BCUT2D eigenvalue weighted by atomic mass is 14.3.